The number of benzene rings is 1. The molecule has 0 saturated carbocycles. The molecule has 1 aromatic rings. The van der Waals surface area contributed by atoms with Crippen LogP contribution in [0.2, 0.25) is 0 Å². The molecule has 0 heterocycles. The zero-order valence-electron chi connectivity index (χ0n) is 11.8. The molecule has 0 aliphatic carbocycles. The van der Waals surface area contributed by atoms with Gasteiger partial charge >= 0.3 is 0 Å². The van der Waals surface area contributed by atoms with E-state index in [-0.39, 0.29) is 12.4 Å². The molecular weight excluding hydrogens is 296 g/mol. The maximum atomic E-state index is 11.7. The van der Waals surface area contributed by atoms with E-state index in [1.807, 2.05) is 6.26 Å². The molecule has 0 saturated heterocycles. The van der Waals surface area contributed by atoms with Crippen molar-refractivity contribution in [3.8, 4) is 5.75 Å². The van der Waals surface area contributed by atoms with Gasteiger partial charge in [0.25, 0.3) is 0 Å². The van der Waals surface area contributed by atoms with Crippen molar-refractivity contribution in [2.24, 2.45) is 0 Å². The van der Waals surface area contributed by atoms with E-state index in [1.165, 1.54) is 0 Å². The minimum Gasteiger partial charge on any atom is -0.492 e. The highest BCUT2D eigenvalue weighted by atomic mass is 32.2. The van der Waals surface area contributed by atoms with E-state index in [9.17, 15) is 8.42 Å². The van der Waals surface area contributed by atoms with Crippen molar-refractivity contribution in [1.29, 1.82) is 0 Å². The van der Waals surface area contributed by atoms with Crippen molar-refractivity contribution >= 4 is 27.5 Å². The molecule has 1 rings (SSSR count). The lowest BCUT2D eigenvalue weighted by Gasteiger charge is -2.10. The summed E-state index contributed by atoms with van der Waals surface area (Å²) in [6.45, 7) is 2.66. The summed E-state index contributed by atoms with van der Waals surface area (Å²) in [6, 6.07) is 6.86. The Kier molecular flexibility index (Phi) is 7.18. The van der Waals surface area contributed by atoms with Crippen LogP contribution >= 0.6 is 11.8 Å². The molecule has 1 atom stereocenters. The maximum Gasteiger partial charge on any atom is 0.214 e. The number of anilines is 1. The number of nitrogens with one attached hydrogen (secondary N) is 1. The summed E-state index contributed by atoms with van der Waals surface area (Å²) < 4.78 is 31.4. The number of rotatable bonds is 9. The zero-order valence-corrected chi connectivity index (χ0v) is 13.5. The van der Waals surface area contributed by atoms with Gasteiger partial charge in [0, 0.05) is 17.5 Å². The minimum absolute atomic E-state index is 0.0506. The van der Waals surface area contributed by atoms with Crippen LogP contribution < -0.4 is 15.2 Å². The zero-order chi connectivity index (χ0) is 15.0. The quantitative estimate of drug-likeness (QED) is 0.677. The van der Waals surface area contributed by atoms with Gasteiger partial charge in [0.1, 0.15) is 12.4 Å². The van der Waals surface area contributed by atoms with Crippen molar-refractivity contribution in [1.82, 2.24) is 4.72 Å². The first-order valence-corrected chi connectivity index (χ1v) is 9.35. The normalized spacial score (nSPS) is 13.1. The van der Waals surface area contributed by atoms with Crippen LogP contribution in [0.1, 0.15) is 13.3 Å². The fraction of sp³-hybridized carbons (Fsp3) is 0.538. The fourth-order valence-corrected chi connectivity index (χ4v) is 2.67. The Balaban J connectivity index is 2.27. The SMILES string of the molecule is CSC(C)CCNS(=O)(=O)CCOc1ccc(N)cc1. The lowest BCUT2D eigenvalue weighted by Crippen LogP contribution is -2.30. The second kappa shape index (κ2) is 8.39. The first-order valence-electron chi connectivity index (χ1n) is 6.41. The van der Waals surface area contributed by atoms with Crippen LogP contribution in [0, 0.1) is 0 Å². The lowest BCUT2D eigenvalue weighted by molar-refractivity contribution is 0.340. The van der Waals surface area contributed by atoms with Crippen molar-refractivity contribution < 1.29 is 13.2 Å². The topological polar surface area (TPSA) is 81.4 Å². The number of nitrogens with two attached hydrogens (primary N) is 1. The molecule has 0 spiro atoms. The van der Waals surface area contributed by atoms with Crippen LogP contribution in [0.4, 0.5) is 5.69 Å². The second-order valence-corrected chi connectivity index (χ2v) is 7.67. The molecule has 114 valence electrons. The van der Waals surface area contributed by atoms with Gasteiger partial charge in [-0.15, -0.1) is 0 Å². The van der Waals surface area contributed by atoms with Gasteiger partial charge in [0.15, 0.2) is 0 Å². The first kappa shape index (κ1) is 17.1. The van der Waals surface area contributed by atoms with Gasteiger partial charge in [-0.1, -0.05) is 6.92 Å². The summed E-state index contributed by atoms with van der Waals surface area (Å²) in [5, 5.41) is 0.448. The van der Waals surface area contributed by atoms with Crippen molar-refractivity contribution in [2.75, 3.05) is 30.9 Å². The van der Waals surface area contributed by atoms with E-state index in [0.29, 0.717) is 23.2 Å². The number of hydrogen-bond donors (Lipinski definition) is 2. The van der Waals surface area contributed by atoms with E-state index in [0.717, 1.165) is 6.42 Å². The predicted molar refractivity (Wildman–Crippen MR) is 85.7 cm³/mol. The molecule has 1 unspecified atom stereocenters. The van der Waals surface area contributed by atoms with Crippen molar-refractivity contribution in [3.05, 3.63) is 24.3 Å². The summed E-state index contributed by atoms with van der Waals surface area (Å²) in [6.07, 6.45) is 2.83. The van der Waals surface area contributed by atoms with Gasteiger partial charge in [-0.2, -0.15) is 11.8 Å². The Bertz CT molecular complexity index is 489. The maximum absolute atomic E-state index is 11.7. The van der Waals surface area contributed by atoms with Crippen LogP contribution in [0.25, 0.3) is 0 Å². The summed E-state index contributed by atoms with van der Waals surface area (Å²) in [7, 11) is -3.27. The van der Waals surface area contributed by atoms with Gasteiger partial charge in [0.05, 0.1) is 5.75 Å². The summed E-state index contributed by atoms with van der Waals surface area (Å²) in [4.78, 5) is 0. The molecule has 5 nitrogen and oxygen atoms in total. The van der Waals surface area contributed by atoms with E-state index < -0.39 is 10.0 Å². The monoisotopic (exact) mass is 318 g/mol. The van der Waals surface area contributed by atoms with Gasteiger partial charge < -0.3 is 10.5 Å². The van der Waals surface area contributed by atoms with Crippen molar-refractivity contribution in [3.63, 3.8) is 0 Å². The molecule has 0 aliphatic rings. The third-order valence-corrected chi connectivity index (χ3v) is 5.16. The Hall–Kier alpha value is -0.920. The smallest absolute Gasteiger partial charge is 0.214 e. The molecule has 0 amide bonds. The Morgan fingerprint density at radius 3 is 2.60 bits per heavy atom. The largest absolute Gasteiger partial charge is 0.492 e. The van der Waals surface area contributed by atoms with E-state index in [2.05, 4.69) is 11.6 Å². The van der Waals surface area contributed by atoms with E-state index >= 15 is 0 Å². The number of thioether (sulfide) groups is 1. The summed E-state index contributed by atoms with van der Waals surface area (Å²) in [5.74, 6) is 0.566. The van der Waals surface area contributed by atoms with Crippen LogP contribution in [0.5, 0.6) is 5.75 Å². The fourth-order valence-electron chi connectivity index (χ4n) is 1.44. The lowest BCUT2D eigenvalue weighted by atomic mass is 10.3. The number of ether oxygens (including phenoxy) is 1. The minimum atomic E-state index is -3.27. The Morgan fingerprint density at radius 1 is 1.35 bits per heavy atom. The predicted octanol–water partition coefficient (Wildman–Crippen LogP) is 1.71. The third kappa shape index (κ3) is 7.02. The van der Waals surface area contributed by atoms with Crippen molar-refractivity contribution in [2.45, 2.75) is 18.6 Å². The highest BCUT2D eigenvalue weighted by molar-refractivity contribution is 7.99. The van der Waals surface area contributed by atoms with Crippen LogP contribution in [0.15, 0.2) is 24.3 Å². The molecule has 0 aromatic heterocycles. The third-order valence-electron chi connectivity index (χ3n) is 2.78. The van der Waals surface area contributed by atoms with E-state index in [4.69, 9.17) is 10.5 Å². The number of nitrogen functional groups attached to an aromatic ring is 1. The molecule has 0 bridgehead atoms. The van der Waals surface area contributed by atoms with Gasteiger partial charge in [-0.05, 0) is 36.9 Å². The molecular formula is C13H22N2O3S2. The van der Waals surface area contributed by atoms with E-state index in [1.54, 1.807) is 36.0 Å². The molecule has 0 radical (unpaired) electrons. The molecule has 0 aliphatic heterocycles. The Labute approximate surface area is 125 Å². The van der Waals surface area contributed by atoms with Crippen LogP contribution in [-0.4, -0.2) is 38.8 Å². The molecule has 1 aromatic carbocycles. The first-order chi connectivity index (χ1) is 9.43. The molecule has 7 heteroatoms. The van der Waals surface area contributed by atoms with Crippen LogP contribution in [-0.2, 0) is 10.0 Å². The van der Waals surface area contributed by atoms with Gasteiger partial charge in [-0.25, -0.2) is 13.1 Å². The highest BCUT2D eigenvalue weighted by Gasteiger charge is 2.10. The Morgan fingerprint density at radius 2 is 2.00 bits per heavy atom. The average Bonchev–Trinajstić information content (AvgIpc) is 2.40. The average molecular weight is 318 g/mol. The van der Waals surface area contributed by atoms with Gasteiger partial charge in [0.2, 0.25) is 10.0 Å². The van der Waals surface area contributed by atoms with Gasteiger partial charge in [-0.3, -0.25) is 0 Å². The summed E-state index contributed by atoms with van der Waals surface area (Å²) >= 11 is 1.72. The summed E-state index contributed by atoms with van der Waals surface area (Å²) in [5.41, 5.74) is 6.20. The van der Waals surface area contributed by atoms with Crippen LogP contribution in [0.3, 0.4) is 0 Å². The highest BCUT2D eigenvalue weighted by Crippen LogP contribution is 2.13. The molecule has 0 fully saturated rings. The molecule has 20 heavy (non-hydrogen) atoms. The number of sulfonamides is 1. The standard InChI is InChI=1S/C13H22N2O3S2/c1-11(19-2)7-8-15-20(16,17)10-9-18-13-5-3-12(14)4-6-13/h3-6,11,15H,7-10,14H2,1-2H3. The number of hydrogen-bond acceptors (Lipinski definition) is 5. The second-order valence-electron chi connectivity index (χ2n) is 4.47. The molecule has 3 N–H and O–H groups in total.